The lowest BCUT2D eigenvalue weighted by Gasteiger charge is -2.42. The predicted octanol–water partition coefficient (Wildman–Crippen LogP) is 3.03. The molecule has 0 amide bonds. The second-order valence-corrected chi connectivity index (χ2v) is 5.57. The van der Waals surface area contributed by atoms with Crippen LogP contribution in [0.15, 0.2) is 28.7 Å². The van der Waals surface area contributed by atoms with E-state index in [0.29, 0.717) is 0 Å². The first-order valence-electron chi connectivity index (χ1n) is 5.89. The van der Waals surface area contributed by atoms with E-state index < -0.39 is 0 Å². The molecule has 1 aromatic carbocycles. The van der Waals surface area contributed by atoms with Gasteiger partial charge in [-0.15, -0.1) is 0 Å². The van der Waals surface area contributed by atoms with Gasteiger partial charge in [-0.3, -0.25) is 0 Å². The molecule has 1 aliphatic rings. The molecule has 3 heteroatoms. The van der Waals surface area contributed by atoms with Gasteiger partial charge in [0.05, 0.1) is 5.69 Å². The van der Waals surface area contributed by atoms with E-state index >= 15 is 0 Å². The summed E-state index contributed by atoms with van der Waals surface area (Å²) in [6.45, 7) is 7.77. The summed E-state index contributed by atoms with van der Waals surface area (Å²) < 4.78 is 1.19. The van der Waals surface area contributed by atoms with Crippen LogP contribution in [0.25, 0.3) is 0 Å². The minimum absolute atomic E-state index is 0.244. The van der Waals surface area contributed by atoms with Crippen molar-refractivity contribution in [3.63, 3.8) is 0 Å². The Labute approximate surface area is 106 Å². The van der Waals surface area contributed by atoms with Crippen LogP contribution in [0.2, 0.25) is 0 Å². The Bertz CT molecular complexity index is 367. The Morgan fingerprint density at radius 1 is 1.44 bits per heavy atom. The van der Waals surface area contributed by atoms with Crippen molar-refractivity contribution in [3.05, 3.63) is 28.7 Å². The van der Waals surface area contributed by atoms with Gasteiger partial charge in [0.1, 0.15) is 0 Å². The fourth-order valence-electron chi connectivity index (χ4n) is 2.20. The monoisotopic (exact) mass is 282 g/mol. The largest absolute Gasteiger partial charge is 0.368 e. The van der Waals surface area contributed by atoms with Crippen molar-refractivity contribution in [1.82, 2.24) is 5.32 Å². The van der Waals surface area contributed by atoms with E-state index in [-0.39, 0.29) is 5.54 Å². The Morgan fingerprint density at radius 3 is 2.88 bits per heavy atom. The molecule has 0 saturated carbocycles. The number of nitrogens with one attached hydrogen (secondary N) is 1. The van der Waals surface area contributed by atoms with E-state index in [2.05, 4.69) is 64.3 Å². The average molecular weight is 283 g/mol. The summed E-state index contributed by atoms with van der Waals surface area (Å²) in [6, 6.07) is 8.46. The van der Waals surface area contributed by atoms with Gasteiger partial charge in [0.2, 0.25) is 0 Å². The van der Waals surface area contributed by atoms with Crippen molar-refractivity contribution in [1.29, 1.82) is 0 Å². The van der Waals surface area contributed by atoms with Gasteiger partial charge in [-0.1, -0.05) is 19.1 Å². The molecule has 2 nitrogen and oxygen atoms in total. The summed E-state index contributed by atoms with van der Waals surface area (Å²) in [5.41, 5.74) is 1.55. The number of rotatable bonds is 2. The maximum Gasteiger partial charge on any atom is 0.0511 e. The van der Waals surface area contributed by atoms with Gasteiger partial charge in [0, 0.05) is 29.6 Å². The van der Waals surface area contributed by atoms with E-state index in [1.54, 1.807) is 0 Å². The molecule has 0 radical (unpaired) electrons. The first-order chi connectivity index (χ1) is 7.64. The van der Waals surface area contributed by atoms with E-state index in [9.17, 15) is 0 Å². The van der Waals surface area contributed by atoms with E-state index in [0.717, 1.165) is 26.1 Å². The molecule has 1 aromatic rings. The normalized spacial score (nSPS) is 25.8. The van der Waals surface area contributed by atoms with E-state index in [1.807, 2.05) is 0 Å². The number of halogens is 1. The first kappa shape index (κ1) is 11.9. The molecule has 1 heterocycles. The summed E-state index contributed by atoms with van der Waals surface area (Å²) in [5, 5.41) is 3.61. The van der Waals surface area contributed by atoms with Crippen molar-refractivity contribution >= 4 is 21.6 Å². The number of para-hydroxylation sites is 1. The molecular weight excluding hydrogens is 264 g/mol. The summed E-state index contributed by atoms with van der Waals surface area (Å²) in [6.07, 6.45) is 1.16. The van der Waals surface area contributed by atoms with E-state index in [1.165, 1.54) is 10.2 Å². The summed E-state index contributed by atoms with van der Waals surface area (Å²) in [4.78, 5) is 2.46. The topological polar surface area (TPSA) is 15.3 Å². The Hall–Kier alpha value is -0.540. The lowest BCUT2D eigenvalue weighted by Crippen LogP contribution is -2.58. The third-order valence-corrected chi connectivity index (χ3v) is 4.12. The highest BCUT2D eigenvalue weighted by atomic mass is 79.9. The van der Waals surface area contributed by atoms with Crippen molar-refractivity contribution in [2.45, 2.75) is 25.8 Å². The molecule has 0 aliphatic carbocycles. The van der Waals surface area contributed by atoms with Crippen LogP contribution in [0, 0.1) is 0 Å². The number of hydrogen-bond donors (Lipinski definition) is 1. The van der Waals surface area contributed by atoms with Gasteiger partial charge in [0.25, 0.3) is 0 Å². The molecule has 1 atom stereocenters. The van der Waals surface area contributed by atoms with Crippen LogP contribution in [-0.2, 0) is 0 Å². The van der Waals surface area contributed by atoms with Gasteiger partial charge in [-0.2, -0.15) is 0 Å². The lowest BCUT2D eigenvalue weighted by molar-refractivity contribution is 0.314. The minimum atomic E-state index is 0.244. The average Bonchev–Trinajstić information content (AvgIpc) is 2.30. The van der Waals surface area contributed by atoms with E-state index in [4.69, 9.17) is 0 Å². The Balaban J connectivity index is 2.19. The Kier molecular flexibility index (Phi) is 3.55. The predicted molar refractivity (Wildman–Crippen MR) is 73.1 cm³/mol. The van der Waals surface area contributed by atoms with Crippen molar-refractivity contribution in [3.8, 4) is 0 Å². The molecule has 88 valence electrons. The maximum absolute atomic E-state index is 3.63. The van der Waals surface area contributed by atoms with Gasteiger partial charge >= 0.3 is 0 Å². The van der Waals surface area contributed by atoms with Crippen molar-refractivity contribution in [2.24, 2.45) is 0 Å². The number of benzene rings is 1. The molecular formula is C13H19BrN2. The highest BCUT2D eigenvalue weighted by molar-refractivity contribution is 9.10. The van der Waals surface area contributed by atoms with Crippen LogP contribution < -0.4 is 10.2 Å². The summed E-state index contributed by atoms with van der Waals surface area (Å²) in [7, 11) is 0. The van der Waals surface area contributed by atoms with Crippen molar-refractivity contribution in [2.75, 3.05) is 24.5 Å². The molecule has 16 heavy (non-hydrogen) atoms. The fourth-order valence-corrected chi connectivity index (χ4v) is 2.74. The van der Waals surface area contributed by atoms with Crippen LogP contribution in [-0.4, -0.2) is 25.2 Å². The van der Waals surface area contributed by atoms with Gasteiger partial charge in [-0.25, -0.2) is 0 Å². The lowest BCUT2D eigenvalue weighted by atomic mass is 9.95. The summed E-state index contributed by atoms with van der Waals surface area (Å²) >= 11 is 3.63. The standard InChI is InChI=1S/C13H19BrN2/c1-3-13(2)10-16(9-8-15-13)12-7-5-4-6-11(12)14/h4-7,15H,3,8-10H2,1-2H3. The van der Waals surface area contributed by atoms with Crippen molar-refractivity contribution < 1.29 is 0 Å². The maximum atomic E-state index is 3.63. The molecule has 1 unspecified atom stereocenters. The number of hydrogen-bond acceptors (Lipinski definition) is 2. The molecule has 1 saturated heterocycles. The number of anilines is 1. The van der Waals surface area contributed by atoms with Gasteiger partial charge < -0.3 is 10.2 Å². The third kappa shape index (κ3) is 2.41. The molecule has 1 N–H and O–H groups in total. The van der Waals surface area contributed by atoms with Gasteiger partial charge in [-0.05, 0) is 41.4 Å². The molecule has 1 fully saturated rings. The molecule has 0 spiro atoms. The van der Waals surface area contributed by atoms with Crippen LogP contribution in [0.1, 0.15) is 20.3 Å². The third-order valence-electron chi connectivity index (χ3n) is 3.45. The number of piperazine rings is 1. The minimum Gasteiger partial charge on any atom is -0.368 e. The molecule has 0 aromatic heterocycles. The zero-order valence-electron chi connectivity index (χ0n) is 9.96. The van der Waals surface area contributed by atoms with Crippen LogP contribution in [0.5, 0.6) is 0 Å². The zero-order chi connectivity index (χ0) is 11.6. The molecule has 0 bridgehead atoms. The van der Waals surface area contributed by atoms with Crippen LogP contribution >= 0.6 is 15.9 Å². The highest BCUT2D eigenvalue weighted by Crippen LogP contribution is 2.28. The first-order valence-corrected chi connectivity index (χ1v) is 6.68. The second kappa shape index (κ2) is 4.76. The zero-order valence-corrected chi connectivity index (χ0v) is 11.5. The Morgan fingerprint density at radius 2 is 2.19 bits per heavy atom. The van der Waals surface area contributed by atoms with Crippen LogP contribution in [0.4, 0.5) is 5.69 Å². The number of nitrogens with zero attached hydrogens (tertiary/aromatic N) is 1. The highest BCUT2D eigenvalue weighted by Gasteiger charge is 2.29. The SMILES string of the molecule is CCC1(C)CN(c2ccccc2Br)CCN1. The molecule has 2 rings (SSSR count). The molecule has 1 aliphatic heterocycles. The van der Waals surface area contributed by atoms with Crippen LogP contribution in [0.3, 0.4) is 0 Å². The summed E-state index contributed by atoms with van der Waals surface area (Å²) in [5.74, 6) is 0. The van der Waals surface area contributed by atoms with Gasteiger partial charge in [0.15, 0.2) is 0 Å². The smallest absolute Gasteiger partial charge is 0.0511 e. The fraction of sp³-hybridized carbons (Fsp3) is 0.538. The second-order valence-electron chi connectivity index (χ2n) is 4.71. The quantitative estimate of drug-likeness (QED) is 0.897.